The number of likely N-dealkylation sites (tertiary alicyclic amines) is 1. The molecule has 1 aliphatic carbocycles. The highest BCUT2D eigenvalue weighted by Crippen LogP contribution is 2.42. The molecule has 1 fully saturated rings. The monoisotopic (exact) mass is 441 g/mol. The Morgan fingerprint density at radius 3 is 2.67 bits per heavy atom. The first-order valence-electron chi connectivity index (χ1n) is 11.7. The molecule has 8 heteroatoms. The molecule has 1 saturated heterocycles. The molecule has 168 valence electrons. The SMILES string of the molecule is CC(C)Cc1ccc(-c2nc(-c3ccc4c(c3)CCC4N3CC(c4nn[nH]n4)C3)no2)cc1. The Labute approximate surface area is 192 Å². The fourth-order valence-corrected chi connectivity index (χ4v) is 5.10. The molecule has 33 heavy (non-hydrogen) atoms. The van der Waals surface area contributed by atoms with Gasteiger partial charge in [0.05, 0.1) is 0 Å². The molecule has 0 radical (unpaired) electrons. The van der Waals surface area contributed by atoms with Crippen LogP contribution in [0.4, 0.5) is 0 Å². The van der Waals surface area contributed by atoms with Crippen LogP contribution < -0.4 is 0 Å². The maximum atomic E-state index is 5.59. The number of nitrogens with zero attached hydrogens (tertiary/aromatic N) is 6. The molecule has 3 heterocycles. The van der Waals surface area contributed by atoms with Crippen molar-refractivity contribution in [3.63, 3.8) is 0 Å². The number of aryl methyl sites for hydroxylation is 1. The minimum atomic E-state index is 0.379. The number of hydrogen-bond donors (Lipinski definition) is 1. The summed E-state index contributed by atoms with van der Waals surface area (Å²) in [6.07, 6.45) is 3.28. The third kappa shape index (κ3) is 3.84. The van der Waals surface area contributed by atoms with Gasteiger partial charge in [-0.2, -0.15) is 10.2 Å². The summed E-state index contributed by atoms with van der Waals surface area (Å²) in [6, 6.07) is 15.5. The summed E-state index contributed by atoms with van der Waals surface area (Å²) in [6.45, 7) is 6.42. The smallest absolute Gasteiger partial charge is 0.258 e. The van der Waals surface area contributed by atoms with Gasteiger partial charge >= 0.3 is 0 Å². The topological polar surface area (TPSA) is 96.6 Å². The van der Waals surface area contributed by atoms with Crippen LogP contribution in [0.5, 0.6) is 0 Å². The first-order valence-corrected chi connectivity index (χ1v) is 11.7. The van der Waals surface area contributed by atoms with E-state index in [1.54, 1.807) is 0 Å². The number of rotatable bonds is 6. The highest BCUT2D eigenvalue weighted by atomic mass is 16.5. The van der Waals surface area contributed by atoms with Gasteiger partial charge in [0, 0.05) is 36.2 Å². The van der Waals surface area contributed by atoms with Crippen molar-refractivity contribution in [2.75, 3.05) is 13.1 Å². The van der Waals surface area contributed by atoms with Crippen molar-refractivity contribution in [2.45, 2.75) is 45.1 Å². The number of tetrazole rings is 1. The van der Waals surface area contributed by atoms with Gasteiger partial charge in [0.1, 0.15) is 0 Å². The van der Waals surface area contributed by atoms with E-state index in [0.717, 1.165) is 49.3 Å². The van der Waals surface area contributed by atoms with Crippen molar-refractivity contribution in [1.82, 2.24) is 35.7 Å². The van der Waals surface area contributed by atoms with E-state index in [1.165, 1.54) is 16.7 Å². The van der Waals surface area contributed by atoms with Crippen LogP contribution in [0.1, 0.15) is 54.7 Å². The molecule has 2 aromatic carbocycles. The summed E-state index contributed by atoms with van der Waals surface area (Å²) >= 11 is 0. The Hall–Kier alpha value is -3.39. The molecule has 1 N–H and O–H groups in total. The van der Waals surface area contributed by atoms with Crippen LogP contribution in [0.2, 0.25) is 0 Å². The lowest BCUT2D eigenvalue weighted by Crippen LogP contribution is -2.46. The quantitative estimate of drug-likeness (QED) is 0.479. The van der Waals surface area contributed by atoms with Gasteiger partial charge in [-0.1, -0.05) is 48.5 Å². The standard InChI is InChI=1S/C25H27N7O/c1-15(2)11-16-3-5-17(6-4-16)25-26-23(29-33-25)19-7-9-21-18(12-19)8-10-22(21)32-13-20(14-32)24-27-30-31-28-24/h3-7,9,12,15,20,22H,8,10-11,13-14H2,1-2H3,(H,27,28,30,31). The third-order valence-electron chi connectivity index (χ3n) is 6.80. The molecule has 0 amide bonds. The van der Waals surface area contributed by atoms with Crippen molar-refractivity contribution in [3.05, 3.63) is 65.0 Å². The fourth-order valence-electron chi connectivity index (χ4n) is 5.10. The lowest BCUT2D eigenvalue weighted by molar-refractivity contribution is 0.0876. The molecular weight excluding hydrogens is 414 g/mol. The van der Waals surface area contributed by atoms with E-state index in [1.807, 2.05) is 0 Å². The Bertz CT molecular complexity index is 1240. The molecular formula is C25H27N7O. The van der Waals surface area contributed by atoms with E-state index in [2.05, 4.69) is 92.0 Å². The van der Waals surface area contributed by atoms with Gasteiger partial charge in [-0.15, -0.1) is 10.2 Å². The Morgan fingerprint density at radius 2 is 1.91 bits per heavy atom. The lowest BCUT2D eigenvalue weighted by Gasteiger charge is -2.42. The Morgan fingerprint density at radius 1 is 1.09 bits per heavy atom. The molecule has 1 unspecified atom stereocenters. The van der Waals surface area contributed by atoms with Gasteiger partial charge in [-0.25, -0.2) is 0 Å². The van der Waals surface area contributed by atoms with Crippen molar-refractivity contribution in [3.8, 4) is 22.8 Å². The summed E-state index contributed by atoms with van der Waals surface area (Å²) < 4.78 is 5.59. The normalized spacial score (nSPS) is 18.6. The summed E-state index contributed by atoms with van der Waals surface area (Å²) in [5, 5.41) is 18.8. The van der Waals surface area contributed by atoms with Crippen LogP contribution in [-0.2, 0) is 12.8 Å². The van der Waals surface area contributed by atoms with E-state index in [0.29, 0.717) is 29.6 Å². The predicted octanol–water partition coefficient (Wildman–Crippen LogP) is 4.20. The van der Waals surface area contributed by atoms with Crippen LogP contribution in [-0.4, -0.2) is 48.8 Å². The molecule has 4 aromatic rings. The summed E-state index contributed by atoms with van der Waals surface area (Å²) in [5.41, 5.74) is 6.08. The molecule has 1 atom stereocenters. The zero-order valence-electron chi connectivity index (χ0n) is 18.9. The number of aromatic nitrogens is 6. The Balaban J connectivity index is 1.16. The van der Waals surface area contributed by atoms with Crippen molar-refractivity contribution in [2.24, 2.45) is 5.92 Å². The van der Waals surface area contributed by atoms with Gasteiger partial charge < -0.3 is 4.52 Å². The number of benzene rings is 2. The molecule has 2 aromatic heterocycles. The van der Waals surface area contributed by atoms with Crippen LogP contribution in [0.3, 0.4) is 0 Å². The highest BCUT2D eigenvalue weighted by molar-refractivity contribution is 5.62. The number of aromatic amines is 1. The average molecular weight is 442 g/mol. The number of hydrogen-bond acceptors (Lipinski definition) is 7. The molecule has 2 aliphatic rings. The number of fused-ring (bicyclic) bond motifs is 1. The van der Waals surface area contributed by atoms with E-state index >= 15 is 0 Å². The average Bonchev–Trinajstić information content (AvgIpc) is 3.54. The van der Waals surface area contributed by atoms with E-state index in [9.17, 15) is 0 Å². The van der Waals surface area contributed by atoms with Crippen LogP contribution in [0.15, 0.2) is 47.0 Å². The van der Waals surface area contributed by atoms with E-state index in [4.69, 9.17) is 4.52 Å². The second-order valence-corrected chi connectivity index (χ2v) is 9.61. The molecule has 8 nitrogen and oxygen atoms in total. The fraction of sp³-hybridized carbons (Fsp3) is 0.400. The number of H-pyrrole nitrogens is 1. The minimum absolute atomic E-state index is 0.379. The number of nitrogens with one attached hydrogen (secondary N) is 1. The molecule has 6 rings (SSSR count). The second kappa shape index (κ2) is 8.19. The van der Waals surface area contributed by atoms with E-state index < -0.39 is 0 Å². The van der Waals surface area contributed by atoms with Gasteiger partial charge in [-0.3, -0.25) is 4.90 Å². The molecule has 0 bridgehead atoms. The van der Waals surface area contributed by atoms with Gasteiger partial charge in [0.2, 0.25) is 5.82 Å². The van der Waals surface area contributed by atoms with Crippen LogP contribution >= 0.6 is 0 Å². The molecule has 0 saturated carbocycles. The Kier molecular flexibility index (Phi) is 5.02. The minimum Gasteiger partial charge on any atom is -0.334 e. The van der Waals surface area contributed by atoms with Crippen molar-refractivity contribution >= 4 is 0 Å². The van der Waals surface area contributed by atoms with Gasteiger partial charge in [-0.05, 0) is 60.1 Å². The summed E-state index contributed by atoms with van der Waals surface area (Å²) in [5.74, 6) is 3.04. The molecule has 1 aliphatic heterocycles. The summed E-state index contributed by atoms with van der Waals surface area (Å²) in [4.78, 5) is 7.19. The first-order chi connectivity index (χ1) is 16.1. The molecule has 0 spiro atoms. The maximum Gasteiger partial charge on any atom is 0.258 e. The van der Waals surface area contributed by atoms with E-state index in [-0.39, 0.29) is 0 Å². The zero-order valence-corrected chi connectivity index (χ0v) is 18.9. The third-order valence-corrected chi connectivity index (χ3v) is 6.80. The second-order valence-electron chi connectivity index (χ2n) is 9.61. The first kappa shape index (κ1) is 20.2. The van der Waals surface area contributed by atoms with Crippen LogP contribution in [0, 0.1) is 5.92 Å². The van der Waals surface area contributed by atoms with Gasteiger partial charge in [0.25, 0.3) is 5.89 Å². The van der Waals surface area contributed by atoms with Crippen molar-refractivity contribution in [1.29, 1.82) is 0 Å². The van der Waals surface area contributed by atoms with Crippen LogP contribution in [0.25, 0.3) is 22.8 Å². The summed E-state index contributed by atoms with van der Waals surface area (Å²) in [7, 11) is 0. The van der Waals surface area contributed by atoms with Crippen molar-refractivity contribution < 1.29 is 4.52 Å². The van der Waals surface area contributed by atoms with Gasteiger partial charge in [0.15, 0.2) is 5.82 Å². The largest absolute Gasteiger partial charge is 0.334 e. The predicted molar refractivity (Wildman–Crippen MR) is 123 cm³/mol. The maximum absolute atomic E-state index is 5.59. The zero-order chi connectivity index (χ0) is 22.4. The highest BCUT2D eigenvalue weighted by Gasteiger charge is 2.38. The lowest BCUT2D eigenvalue weighted by atomic mass is 9.94.